The average molecular weight is 689 g/mol. The molecular weight excluding hydrogens is 655 g/mol. The van der Waals surface area contributed by atoms with Crippen molar-refractivity contribution in [2.45, 2.75) is 25.1 Å². The maximum atomic E-state index is 15.3. The van der Waals surface area contributed by atoms with Gasteiger partial charge in [-0.1, -0.05) is 24.3 Å². The number of methoxy groups -OCH3 is 1. The highest BCUT2D eigenvalue weighted by atomic mass is 19.1. The van der Waals surface area contributed by atoms with Gasteiger partial charge in [0, 0.05) is 56.3 Å². The van der Waals surface area contributed by atoms with Gasteiger partial charge in [-0.2, -0.15) is 0 Å². The molecule has 3 aliphatic rings. The highest BCUT2D eigenvalue weighted by Crippen LogP contribution is 2.29. The number of halogens is 1. The van der Waals surface area contributed by atoms with Gasteiger partial charge in [0.1, 0.15) is 34.9 Å². The highest BCUT2D eigenvalue weighted by molar-refractivity contribution is 5.96. The second kappa shape index (κ2) is 14.6. The number of piperidine rings is 1. The van der Waals surface area contributed by atoms with Gasteiger partial charge in [-0.3, -0.25) is 19.4 Å². The fourth-order valence-electron chi connectivity index (χ4n) is 6.05. The van der Waals surface area contributed by atoms with Crippen LogP contribution in [0.25, 0.3) is 22.6 Å². The summed E-state index contributed by atoms with van der Waals surface area (Å²) in [6.45, 7) is 0.340. The number of aromatic nitrogens is 3. The molecule has 1 fully saturated rings. The average Bonchev–Trinajstić information content (AvgIpc) is 3.17. The molecule has 0 radical (unpaired) electrons. The molecule has 3 amide bonds. The van der Waals surface area contributed by atoms with E-state index in [-0.39, 0.29) is 42.6 Å². The number of benzene rings is 3. The van der Waals surface area contributed by atoms with Crippen molar-refractivity contribution in [2.24, 2.45) is 0 Å². The van der Waals surface area contributed by atoms with Crippen LogP contribution in [-0.2, 0) is 11.3 Å². The molecule has 6 bridgehead atoms. The third kappa shape index (κ3) is 7.47. The van der Waals surface area contributed by atoms with Crippen molar-refractivity contribution in [2.75, 3.05) is 26.8 Å². The summed E-state index contributed by atoms with van der Waals surface area (Å²) in [5, 5.41) is 5.79. The zero-order chi connectivity index (χ0) is 35.3. The van der Waals surface area contributed by atoms with Gasteiger partial charge < -0.3 is 29.7 Å². The van der Waals surface area contributed by atoms with Crippen molar-refractivity contribution in [3.8, 4) is 39.9 Å². The van der Waals surface area contributed by atoms with Crippen LogP contribution < -0.4 is 24.8 Å². The van der Waals surface area contributed by atoms with Crippen LogP contribution in [0.3, 0.4) is 0 Å². The van der Waals surface area contributed by atoms with E-state index in [2.05, 4.69) is 25.6 Å². The Balaban J connectivity index is 1.20. The minimum atomic E-state index is -0.737. The number of pyridine rings is 1. The minimum absolute atomic E-state index is 0.0686. The topological polar surface area (TPSA) is 145 Å². The number of carbonyl (C=O) groups is 3. The number of nitrogens with one attached hydrogen (secondary N) is 2. The van der Waals surface area contributed by atoms with Crippen molar-refractivity contribution in [1.29, 1.82) is 0 Å². The molecule has 0 unspecified atom stereocenters. The fourth-order valence-corrected chi connectivity index (χ4v) is 6.05. The first-order valence-corrected chi connectivity index (χ1v) is 16.3. The molecular formula is C38H33FN6O6. The number of hydrogen-bond donors (Lipinski definition) is 2. The molecule has 13 heteroatoms. The van der Waals surface area contributed by atoms with E-state index in [0.29, 0.717) is 58.4 Å². The van der Waals surface area contributed by atoms with Crippen LogP contribution in [0.1, 0.15) is 32.7 Å². The fraction of sp³-hybridized carbons (Fsp3) is 0.211. The minimum Gasteiger partial charge on any atom is -0.496 e. The molecule has 2 aromatic heterocycles. The molecule has 3 aliphatic heterocycles. The zero-order valence-corrected chi connectivity index (χ0v) is 27.5. The predicted octanol–water partition coefficient (Wildman–Crippen LogP) is 4.45. The lowest BCUT2D eigenvalue weighted by atomic mass is 9.99. The van der Waals surface area contributed by atoms with Crippen LogP contribution in [0.4, 0.5) is 4.39 Å². The number of carbonyl (C=O) groups excluding carboxylic acids is 3. The maximum absolute atomic E-state index is 15.3. The molecule has 1 saturated heterocycles. The maximum Gasteiger partial charge on any atom is 0.258 e. The van der Waals surface area contributed by atoms with Crippen LogP contribution in [0.5, 0.6) is 17.2 Å². The summed E-state index contributed by atoms with van der Waals surface area (Å²) in [7, 11) is 1.52. The first kappa shape index (κ1) is 33.1. The molecule has 5 aromatic rings. The molecule has 2 N–H and O–H groups in total. The Morgan fingerprint density at radius 2 is 1.78 bits per heavy atom. The number of nitrogens with zero attached hydrogens (tertiary/aromatic N) is 4. The lowest BCUT2D eigenvalue weighted by Crippen LogP contribution is -2.58. The third-order valence-corrected chi connectivity index (χ3v) is 8.72. The zero-order valence-electron chi connectivity index (χ0n) is 27.5. The molecule has 0 saturated carbocycles. The van der Waals surface area contributed by atoms with Gasteiger partial charge in [-0.05, 0) is 59.7 Å². The van der Waals surface area contributed by atoms with E-state index in [0.717, 1.165) is 0 Å². The second-order valence-electron chi connectivity index (χ2n) is 12.0. The standard InChI is InChI=1S/C38H33FN6O6/c1-49-34-17-28-10-8-25(34)18-41-35(46)22-50-27-6-4-5-23(15-27)24-9-11-30(39)29(16-24)37(47)44-32-21-45(14-12-33(32)51-28)38(48)26-19-42-36(43-20-26)31-7-2-3-13-40-31/h2-11,13,15-17,19-20,32-33H,12,14,18,21-22H2,1H3,(H,41,46)(H,44,47)/t32-,33+/m1/s1. The van der Waals surface area contributed by atoms with E-state index in [1.54, 1.807) is 71.8 Å². The molecule has 2 atom stereocenters. The van der Waals surface area contributed by atoms with Crippen LogP contribution in [0.15, 0.2) is 97.5 Å². The quantitative estimate of drug-likeness (QED) is 0.281. The molecule has 3 aromatic carbocycles. The number of amides is 3. The Hall–Kier alpha value is -6.37. The summed E-state index contributed by atoms with van der Waals surface area (Å²) in [6.07, 6.45) is 4.29. The van der Waals surface area contributed by atoms with E-state index in [9.17, 15) is 14.4 Å². The van der Waals surface area contributed by atoms with Crippen LogP contribution >= 0.6 is 0 Å². The van der Waals surface area contributed by atoms with Crippen LogP contribution in [0.2, 0.25) is 0 Å². The van der Waals surface area contributed by atoms with Gasteiger partial charge in [0.25, 0.3) is 17.7 Å². The number of likely N-dealkylation sites (tertiary alicyclic amines) is 1. The summed E-state index contributed by atoms with van der Waals surface area (Å²) in [6, 6.07) is 21.1. The summed E-state index contributed by atoms with van der Waals surface area (Å²) in [5.74, 6) is -0.299. The second-order valence-corrected chi connectivity index (χ2v) is 12.0. The van der Waals surface area contributed by atoms with Crippen molar-refractivity contribution < 1.29 is 33.0 Å². The number of rotatable bonds is 3. The van der Waals surface area contributed by atoms with E-state index < -0.39 is 23.9 Å². The molecule has 258 valence electrons. The molecule has 0 spiro atoms. The van der Waals surface area contributed by atoms with Gasteiger partial charge >= 0.3 is 0 Å². The van der Waals surface area contributed by atoms with Crippen molar-refractivity contribution >= 4 is 17.7 Å². The summed E-state index contributed by atoms with van der Waals surface area (Å²) in [5.41, 5.74) is 2.61. The molecule has 12 nitrogen and oxygen atoms in total. The van der Waals surface area contributed by atoms with E-state index in [1.165, 1.54) is 31.6 Å². The third-order valence-electron chi connectivity index (χ3n) is 8.72. The largest absolute Gasteiger partial charge is 0.496 e. The monoisotopic (exact) mass is 688 g/mol. The SMILES string of the molecule is COc1cc2ccc1CNC(=O)COc1cccc(c1)-c1ccc(F)c(c1)C(=O)N[C@@H]1CN(C(=O)c3cnc(-c4ccccn4)nc3)CC[C@@H]1O2. The molecule has 0 aliphatic carbocycles. The predicted molar refractivity (Wildman–Crippen MR) is 184 cm³/mol. The number of hydrogen-bond acceptors (Lipinski definition) is 9. The van der Waals surface area contributed by atoms with Gasteiger partial charge in [-0.25, -0.2) is 14.4 Å². The summed E-state index contributed by atoms with van der Waals surface area (Å²) in [4.78, 5) is 54.7. The first-order valence-electron chi connectivity index (χ1n) is 16.3. The van der Waals surface area contributed by atoms with Crippen LogP contribution in [0, 0.1) is 5.82 Å². The van der Waals surface area contributed by atoms with Gasteiger partial charge in [0.15, 0.2) is 12.4 Å². The summed E-state index contributed by atoms with van der Waals surface area (Å²) < 4.78 is 33.0. The molecule has 8 rings (SSSR count). The Bertz CT molecular complexity index is 2080. The first-order chi connectivity index (χ1) is 24.8. The van der Waals surface area contributed by atoms with Crippen molar-refractivity contribution in [3.63, 3.8) is 0 Å². The molecule has 51 heavy (non-hydrogen) atoms. The Labute approximate surface area is 292 Å². The van der Waals surface area contributed by atoms with Crippen LogP contribution in [-0.4, -0.2) is 76.5 Å². The number of fused-ring (bicyclic) bond motifs is 7. The van der Waals surface area contributed by atoms with Gasteiger partial charge in [0.05, 0.1) is 24.3 Å². The Morgan fingerprint density at radius 1 is 0.941 bits per heavy atom. The molecule has 5 heterocycles. The lowest BCUT2D eigenvalue weighted by Gasteiger charge is -2.39. The lowest BCUT2D eigenvalue weighted by molar-refractivity contribution is -0.123. The van der Waals surface area contributed by atoms with Gasteiger partial charge in [-0.15, -0.1) is 0 Å². The van der Waals surface area contributed by atoms with E-state index >= 15 is 4.39 Å². The normalized spacial score (nSPS) is 17.6. The van der Waals surface area contributed by atoms with Gasteiger partial charge in [0.2, 0.25) is 0 Å². The number of ether oxygens (including phenoxy) is 3. The van der Waals surface area contributed by atoms with Crippen molar-refractivity contribution in [1.82, 2.24) is 30.5 Å². The highest BCUT2D eigenvalue weighted by Gasteiger charge is 2.35. The van der Waals surface area contributed by atoms with E-state index in [4.69, 9.17) is 14.2 Å². The smallest absolute Gasteiger partial charge is 0.258 e. The van der Waals surface area contributed by atoms with E-state index in [1.807, 2.05) is 6.07 Å². The Morgan fingerprint density at radius 3 is 2.59 bits per heavy atom. The Kier molecular flexibility index (Phi) is 9.50. The summed E-state index contributed by atoms with van der Waals surface area (Å²) >= 11 is 0. The van der Waals surface area contributed by atoms with Crippen molar-refractivity contribution in [3.05, 3.63) is 120 Å².